The van der Waals surface area contributed by atoms with Crippen LogP contribution in [0.2, 0.25) is 0 Å². The van der Waals surface area contributed by atoms with Gasteiger partial charge in [-0.2, -0.15) is 5.10 Å². The van der Waals surface area contributed by atoms with Crippen LogP contribution in [0.25, 0.3) is 22.8 Å². The summed E-state index contributed by atoms with van der Waals surface area (Å²) in [7, 11) is 0. The molecule has 0 aliphatic rings. The van der Waals surface area contributed by atoms with Crippen LogP contribution in [0.4, 0.5) is 5.69 Å². The van der Waals surface area contributed by atoms with E-state index in [1.807, 2.05) is 54.6 Å². The second-order valence-electron chi connectivity index (χ2n) is 5.97. The summed E-state index contributed by atoms with van der Waals surface area (Å²) in [6, 6.07) is 26.6. The van der Waals surface area contributed by atoms with Crippen LogP contribution in [-0.4, -0.2) is 15.2 Å². The molecule has 1 aromatic heterocycles. The van der Waals surface area contributed by atoms with Crippen LogP contribution in [-0.2, 0) is 0 Å². The van der Waals surface area contributed by atoms with E-state index in [4.69, 9.17) is 0 Å². The second-order valence-corrected chi connectivity index (χ2v) is 6.85. The summed E-state index contributed by atoms with van der Waals surface area (Å²) in [6.07, 6.45) is 0. The van der Waals surface area contributed by atoms with Crippen molar-refractivity contribution in [3.8, 4) is 22.8 Å². The van der Waals surface area contributed by atoms with E-state index >= 15 is 0 Å². The van der Waals surface area contributed by atoms with Gasteiger partial charge in [0.25, 0.3) is 0 Å². The number of H-pyrrole nitrogens is 1. The van der Waals surface area contributed by atoms with Crippen molar-refractivity contribution in [2.75, 3.05) is 4.72 Å². The van der Waals surface area contributed by atoms with Crippen LogP contribution < -0.4 is 4.72 Å². The van der Waals surface area contributed by atoms with Crippen molar-refractivity contribution in [2.24, 2.45) is 0 Å². The molecule has 4 rings (SSSR count). The van der Waals surface area contributed by atoms with Crippen molar-refractivity contribution in [2.45, 2.75) is 11.8 Å². The van der Waals surface area contributed by atoms with E-state index in [0.29, 0.717) is 5.82 Å². The second kappa shape index (κ2) is 7.45. The van der Waals surface area contributed by atoms with Crippen LogP contribution in [0.5, 0.6) is 0 Å². The highest BCUT2D eigenvalue weighted by Crippen LogP contribution is 2.25. The lowest BCUT2D eigenvalue weighted by Gasteiger charge is -2.06. The summed E-state index contributed by atoms with van der Waals surface area (Å²) >= 11 is 1.60. The maximum absolute atomic E-state index is 4.59. The minimum absolute atomic E-state index is 0.706. The van der Waals surface area contributed by atoms with Gasteiger partial charge >= 0.3 is 0 Å². The largest absolute Gasteiger partial charge is 0.326 e. The lowest BCUT2D eigenvalue weighted by atomic mass is 10.2. The number of nitrogens with zero attached hydrogens (tertiary/aromatic N) is 2. The molecule has 0 amide bonds. The van der Waals surface area contributed by atoms with E-state index < -0.39 is 0 Å². The van der Waals surface area contributed by atoms with Gasteiger partial charge in [0.1, 0.15) is 0 Å². The van der Waals surface area contributed by atoms with Crippen LogP contribution in [0.3, 0.4) is 0 Å². The third kappa shape index (κ3) is 3.78. The summed E-state index contributed by atoms with van der Waals surface area (Å²) in [4.78, 5) is 5.77. The molecular formula is C21H18N4S. The lowest BCUT2D eigenvalue weighted by molar-refractivity contribution is 1.10. The van der Waals surface area contributed by atoms with E-state index in [-0.39, 0.29) is 0 Å². The molecule has 0 atom stereocenters. The summed E-state index contributed by atoms with van der Waals surface area (Å²) in [5, 5.41) is 7.33. The van der Waals surface area contributed by atoms with E-state index in [1.165, 1.54) is 10.5 Å². The maximum Gasteiger partial charge on any atom is 0.181 e. The predicted molar refractivity (Wildman–Crippen MR) is 108 cm³/mol. The van der Waals surface area contributed by atoms with Crippen molar-refractivity contribution in [1.29, 1.82) is 0 Å². The summed E-state index contributed by atoms with van der Waals surface area (Å²) in [5.74, 6) is 1.47. The van der Waals surface area contributed by atoms with Crippen LogP contribution in [0, 0.1) is 6.92 Å². The Kier molecular flexibility index (Phi) is 4.71. The highest BCUT2D eigenvalue weighted by atomic mass is 32.2. The molecule has 3 aromatic carbocycles. The fraction of sp³-hybridized carbons (Fsp3) is 0.0476. The number of aromatic nitrogens is 3. The Labute approximate surface area is 156 Å². The third-order valence-electron chi connectivity index (χ3n) is 3.98. The zero-order chi connectivity index (χ0) is 17.8. The Morgan fingerprint density at radius 2 is 1.54 bits per heavy atom. The Morgan fingerprint density at radius 3 is 2.27 bits per heavy atom. The zero-order valence-electron chi connectivity index (χ0n) is 14.3. The quantitative estimate of drug-likeness (QED) is 0.458. The van der Waals surface area contributed by atoms with Crippen molar-refractivity contribution < 1.29 is 0 Å². The average molecular weight is 358 g/mol. The van der Waals surface area contributed by atoms with E-state index in [2.05, 4.69) is 51.1 Å². The first-order chi connectivity index (χ1) is 12.8. The van der Waals surface area contributed by atoms with Gasteiger partial charge in [-0.15, -0.1) is 0 Å². The average Bonchev–Trinajstić information content (AvgIpc) is 3.19. The molecule has 0 unspecified atom stereocenters. The number of aryl methyl sites for hydroxylation is 1. The molecule has 4 aromatic rings. The minimum Gasteiger partial charge on any atom is -0.326 e. The topological polar surface area (TPSA) is 53.6 Å². The Morgan fingerprint density at radius 1 is 0.808 bits per heavy atom. The van der Waals surface area contributed by atoms with E-state index in [0.717, 1.165) is 22.6 Å². The molecule has 0 saturated heterocycles. The summed E-state index contributed by atoms with van der Waals surface area (Å²) in [6.45, 7) is 2.09. The molecule has 4 nitrogen and oxygen atoms in total. The first kappa shape index (κ1) is 16.4. The van der Waals surface area contributed by atoms with Gasteiger partial charge in [-0.25, -0.2) is 4.98 Å². The Balaban J connectivity index is 1.44. The van der Waals surface area contributed by atoms with Gasteiger partial charge in [-0.05, 0) is 55.3 Å². The zero-order valence-corrected chi connectivity index (χ0v) is 15.1. The molecule has 128 valence electrons. The number of rotatable bonds is 5. The first-order valence-corrected chi connectivity index (χ1v) is 9.17. The number of nitrogens with one attached hydrogen (secondary N) is 2. The molecular weight excluding hydrogens is 340 g/mol. The highest BCUT2D eigenvalue weighted by Gasteiger charge is 2.07. The van der Waals surface area contributed by atoms with Gasteiger partial charge in [0.05, 0.1) is 0 Å². The number of anilines is 1. The van der Waals surface area contributed by atoms with Gasteiger partial charge in [0.2, 0.25) is 0 Å². The SMILES string of the molecule is Cc1ccc(SNc2ccc(-c3nc(-c4ccccc4)n[nH]3)cc2)cc1. The Hall–Kier alpha value is -3.05. The molecule has 2 N–H and O–H groups in total. The van der Waals surface area contributed by atoms with Crippen LogP contribution >= 0.6 is 11.9 Å². The molecule has 0 aliphatic heterocycles. The number of benzene rings is 3. The molecule has 0 spiro atoms. The maximum atomic E-state index is 4.59. The fourth-order valence-corrected chi connectivity index (χ4v) is 3.17. The number of hydrogen-bond donors (Lipinski definition) is 2. The van der Waals surface area contributed by atoms with Crippen molar-refractivity contribution in [3.05, 3.63) is 84.4 Å². The smallest absolute Gasteiger partial charge is 0.181 e. The third-order valence-corrected chi connectivity index (χ3v) is 4.83. The van der Waals surface area contributed by atoms with Gasteiger partial charge in [0.15, 0.2) is 11.6 Å². The molecule has 0 radical (unpaired) electrons. The first-order valence-electron chi connectivity index (χ1n) is 8.36. The van der Waals surface area contributed by atoms with Crippen molar-refractivity contribution in [1.82, 2.24) is 15.2 Å². The predicted octanol–water partition coefficient (Wildman–Crippen LogP) is 5.57. The number of hydrogen-bond acceptors (Lipinski definition) is 4. The molecule has 0 aliphatic carbocycles. The normalized spacial score (nSPS) is 10.7. The highest BCUT2D eigenvalue weighted by molar-refractivity contribution is 8.00. The summed E-state index contributed by atoms with van der Waals surface area (Å²) in [5.41, 5.74) is 4.32. The van der Waals surface area contributed by atoms with Crippen LogP contribution in [0.15, 0.2) is 83.8 Å². The molecule has 0 saturated carbocycles. The van der Waals surface area contributed by atoms with Gasteiger partial charge < -0.3 is 4.72 Å². The molecule has 26 heavy (non-hydrogen) atoms. The number of aromatic amines is 1. The monoisotopic (exact) mass is 358 g/mol. The van der Waals surface area contributed by atoms with Gasteiger partial charge in [0, 0.05) is 21.7 Å². The fourth-order valence-electron chi connectivity index (χ4n) is 2.53. The standard InChI is InChI=1S/C21H18N4S/c1-15-7-13-19(14-8-15)26-25-18-11-9-17(10-12-18)21-22-20(23-24-21)16-5-3-2-4-6-16/h2-14,25H,1H3,(H,22,23,24). The molecule has 1 heterocycles. The van der Waals surface area contributed by atoms with E-state index in [1.54, 1.807) is 11.9 Å². The van der Waals surface area contributed by atoms with Crippen LogP contribution in [0.1, 0.15) is 5.56 Å². The molecule has 0 fully saturated rings. The van der Waals surface area contributed by atoms with E-state index in [9.17, 15) is 0 Å². The van der Waals surface area contributed by atoms with Crippen molar-refractivity contribution in [3.63, 3.8) is 0 Å². The lowest BCUT2D eigenvalue weighted by Crippen LogP contribution is -1.87. The summed E-state index contributed by atoms with van der Waals surface area (Å²) < 4.78 is 3.36. The van der Waals surface area contributed by atoms with Gasteiger partial charge in [-0.3, -0.25) is 5.10 Å². The molecule has 5 heteroatoms. The molecule has 0 bridgehead atoms. The Bertz CT molecular complexity index is 977. The minimum atomic E-state index is 0.706. The van der Waals surface area contributed by atoms with Gasteiger partial charge in [-0.1, -0.05) is 48.0 Å². The van der Waals surface area contributed by atoms with Crippen molar-refractivity contribution >= 4 is 17.6 Å².